The summed E-state index contributed by atoms with van der Waals surface area (Å²) in [6.45, 7) is 1.73. The first-order valence-electron chi connectivity index (χ1n) is 6.70. The summed E-state index contributed by atoms with van der Waals surface area (Å²) in [6, 6.07) is 9.53. The number of aliphatic hydroxyl groups excluding tert-OH is 1. The maximum Gasteiger partial charge on any atom is 0.319 e. The van der Waals surface area contributed by atoms with Crippen LogP contribution in [-0.4, -0.2) is 17.7 Å². The van der Waals surface area contributed by atoms with Crippen molar-refractivity contribution in [1.82, 2.24) is 5.32 Å². The van der Waals surface area contributed by atoms with Crippen molar-refractivity contribution in [3.8, 4) is 0 Å². The molecule has 0 aliphatic carbocycles. The topological polar surface area (TPSA) is 61.4 Å². The largest absolute Gasteiger partial charge is 0.386 e. The van der Waals surface area contributed by atoms with Gasteiger partial charge in [-0.05, 0) is 25.1 Å². The van der Waals surface area contributed by atoms with Crippen LogP contribution in [0.15, 0.2) is 42.5 Å². The van der Waals surface area contributed by atoms with E-state index in [1.807, 2.05) is 19.1 Å². The van der Waals surface area contributed by atoms with Crippen LogP contribution in [0.4, 0.5) is 19.3 Å². The summed E-state index contributed by atoms with van der Waals surface area (Å²) < 4.78 is 26.3. The molecule has 0 bridgehead atoms. The van der Waals surface area contributed by atoms with Crippen LogP contribution in [0.2, 0.25) is 0 Å². The van der Waals surface area contributed by atoms with E-state index in [1.165, 1.54) is 0 Å². The van der Waals surface area contributed by atoms with Gasteiger partial charge in [0.1, 0.15) is 11.6 Å². The summed E-state index contributed by atoms with van der Waals surface area (Å²) in [7, 11) is 0. The highest BCUT2D eigenvalue weighted by Crippen LogP contribution is 2.17. The average molecular weight is 306 g/mol. The second-order valence-electron chi connectivity index (χ2n) is 4.88. The van der Waals surface area contributed by atoms with Crippen molar-refractivity contribution in [3.05, 3.63) is 65.2 Å². The second kappa shape index (κ2) is 7.00. The monoisotopic (exact) mass is 306 g/mol. The van der Waals surface area contributed by atoms with Gasteiger partial charge in [-0.3, -0.25) is 0 Å². The number of benzene rings is 2. The zero-order valence-corrected chi connectivity index (χ0v) is 11.9. The zero-order chi connectivity index (χ0) is 16.1. The highest BCUT2D eigenvalue weighted by Gasteiger charge is 2.14. The molecule has 3 N–H and O–H groups in total. The van der Waals surface area contributed by atoms with Crippen molar-refractivity contribution in [3.63, 3.8) is 0 Å². The molecule has 0 fully saturated rings. The first-order chi connectivity index (χ1) is 10.5. The van der Waals surface area contributed by atoms with Crippen molar-refractivity contribution >= 4 is 11.7 Å². The van der Waals surface area contributed by atoms with Crippen molar-refractivity contribution < 1.29 is 18.7 Å². The number of aliphatic hydroxyl groups is 1. The van der Waals surface area contributed by atoms with Gasteiger partial charge in [-0.2, -0.15) is 0 Å². The molecule has 2 rings (SSSR count). The van der Waals surface area contributed by atoms with Crippen LogP contribution in [-0.2, 0) is 0 Å². The molecule has 2 aromatic carbocycles. The Morgan fingerprint density at radius 1 is 1.18 bits per heavy atom. The molecule has 2 aromatic rings. The number of amides is 2. The number of aryl methyl sites for hydroxylation is 1. The fourth-order valence-corrected chi connectivity index (χ4v) is 1.88. The fraction of sp³-hybridized carbons (Fsp3) is 0.188. The minimum atomic E-state index is -1.26. The molecule has 2 amide bonds. The second-order valence-corrected chi connectivity index (χ2v) is 4.88. The summed E-state index contributed by atoms with van der Waals surface area (Å²) in [5.41, 5.74) is 1.59. The van der Waals surface area contributed by atoms with E-state index in [9.17, 15) is 18.7 Å². The fourth-order valence-electron chi connectivity index (χ4n) is 1.88. The SMILES string of the molecule is Cc1ccc(NC(=O)NC[C@@H](O)c2ccc(F)cc2F)cc1. The average Bonchev–Trinajstić information content (AvgIpc) is 2.47. The molecule has 22 heavy (non-hydrogen) atoms. The summed E-state index contributed by atoms with van der Waals surface area (Å²) in [6.07, 6.45) is -1.26. The molecule has 0 saturated carbocycles. The Kier molecular flexibility index (Phi) is 5.06. The van der Waals surface area contributed by atoms with Crippen molar-refractivity contribution in [2.45, 2.75) is 13.0 Å². The van der Waals surface area contributed by atoms with Crippen LogP contribution in [0, 0.1) is 18.6 Å². The van der Waals surface area contributed by atoms with E-state index in [1.54, 1.807) is 12.1 Å². The number of halogens is 2. The van der Waals surface area contributed by atoms with Gasteiger partial charge >= 0.3 is 6.03 Å². The molecule has 0 heterocycles. The van der Waals surface area contributed by atoms with E-state index < -0.39 is 23.8 Å². The van der Waals surface area contributed by atoms with E-state index in [2.05, 4.69) is 10.6 Å². The van der Waals surface area contributed by atoms with E-state index in [0.29, 0.717) is 11.8 Å². The van der Waals surface area contributed by atoms with Gasteiger partial charge in [0.05, 0.1) is 6.10 Å². The number of carbonyl (C=O) groups excluding carboxylic acids is 1. The number of urea groups is 1. The molecule has 0 radical (unpaired) electrons. The quantitative estimate of drug-likeness (QED) is 0.812. The highest BCUT2D eigenvalue weighted by molar-refractivity contribution is 5.89. The summed E-state index contributed by atoms with van der Waals surface area (Å²) in [5, 5.41) is 14.8. The van der Waals surface area contributed by atoms with Crippen LogP contribution >= 0.6 is 0 Å². The Bertz CT molecular complexity index is 660. The van der Waals surface area contributed by atoms with E-state index >= 15 is 0 Å². The van der Waals surface area contributed by atoms with Gasteiger partial charge in [-0.15, -0.1) is 0 Å². The number of carbonyl (C=O) groups is 1. The predicted molar refractivity (Wildman–Crippen MR) is 79.5 cm³/mol. The van der Waals surface area contributed by atoms with E-state index in [-0.39, 0.29) is 12.1 Å². The molecule has 0 spiro atoms. The van der Waals surface area contributed by atoms with Gasteiger partial charge in [0.25, 0.3) is 0 Å². The van der Waals surface area contributed by atoms with Crippen molar-refractivity contribution in [2.75, 3.05) is 11.9 Å². The summed E-state index contributed by atoms with van der Waals surface area (Å²) >= 11 is 0. The van der Waals surface area contributed by atoms with Gasteiger partial charge in [-0.1, -0.05) is 23.8 Å². The Morgan fingerprint density at radius 2 is 1.86 bits per heavy atom. The number of anilines is 1. The lowest BCUT2D eigenvalue weighted by Crippen LogP contribution is -2.32. The van der Waals surface area contributed by atoms with E-state index in [0.717, 1.165) is 17.7 Å². The normalized spacial score (nSPS) is 11.8. The first kappa shape index (κ1) is 15.9. The maximum atomic E-state index is 13.5. The Labute approximate surface area is 126 Å². The van der Waals surface area contributed by atoms with E-state index in [4.69, 9.17) is 0 Å². The highest BCUT2D eigenvalue weighted by atomic mass is 19.1. The van der Waals surface area contributed by atoms with Gasteiger partial charge < -0.3 is 15.7 Å². The molecule has 4 nitrogen and oxygen atoms in total. The van der Waals surface area contributed by atoms with Crippen LogP contribution in [0.1, 0.15) is 17.2 Å². The Hall–Kier alpha value is -2.47. The minimum Gasteiger partial charge on any atom is -0.386 e. The number of hydrogen-bond donors (Lipinski definition) is 3. The van der Waals surface area contributed by atoms with Crippen LogP contribution in [0.5, 0.6) is 0 Å². The van der Waals surface area contributed by atoms with Crippen LogP contribution < -0.4 is 10.6 Å². The lowest BCUT2D eigenvalue weighted by Gasteiger charge is -2.14. The number of hydrogen-bond acceptors (Lipinski definition) is 2. The molecule has 1 atom stereocenters. The van der Waals surface area contributed by atoms with Gasteiger partial charge in [0.15, 0.2) is 0 Å². The molecule has 116 valence electrons. The molecule has 0 aromatic heterocycles. The summed E-state index contributed by atoms with van der Waals surface area (Å²) in [4.78, 5) is 11.7. The van der Waals surface area contributed by atoms with Crippen molar-refractivity contribution in [2.24, 2.45) is 0 Å². The molecular formula is C16H16F2N2O2. The third kappa shape index (κ3) is 4.26. The minimum absolute atomic E-state index is 0.0722. The number of nitrogens with one attached hydrogen (secondary N) is 2. The standard InChI is InChI=1S/C16H16F2N2O2/c1-10-2-5-12(6-3-10)20-16(22)19-9-15(21)13-7-4-11(17)8-14(13)18/h2-8,15,21H,9H2,1H3,(H2,19,20,22)/t15-/m1/s1. The Balaban J connectivity index is 1.88. The lowest BCUT2D eigenvalue weighted by atomic mass is 10.1. The Morgan fingerprint density at radius 3 is 2.50 bits per heavy atom. The molecule has 0 aliphatic rings. The molecule has 6 heteroatoms. The zero-order valence-electron chi connectivity index (χ0n) is 11.9. The van der Waals surface area contributed by atoms with Crippen molar-refractivity contribution in [1.29, 1.82) is 0 Å². The van der Waals surface area contributed by atoms with Crippen LogP contribution in [0.3, 0.4) is 0 Å². The smallest absolute Gasteiger partial charge is 0.319 e. The molecule has 0 aliphatic heterocycles. The van der Waals surface area contributed by atoms with Crippen LogP contribution in [0.25, 0.3) is 0 Å². The molecule has 0 saturated heterocycles. The number of rotatable bonds is 4. The third-order valence-electron chi connectivity index (χ3n) is 3.09. The lowest BCUT2D eigenvalue weighted by molar-refractivity contribution is 0.170. The first-order valence-corrected chi connectivity index (χ1v) is 6.70. The maximum absolute atomic E-state index is 13.5. The third-order valence-corrected chi connectivity index (χ3v) is 3.09. The van der Waals surface area contributed by atoms with Gasteiger partial charge in [-0.25, -0.2) is 13.6 Å². The summed E-state index contributed by atoms with van der Waals surface area (Å²) in [5.74, 6) is -1.58. The van der Waals surface area contributed by atoms with Gasteiger partial charge in [0, 0.05) is 23.9 Å². The molecule has 0 unspecified atom stereocenters. The molecular weight excluding hydrogens is 290 g/mol. The predicted octanol–water partition coefficient (Wildman–Crippen LogP) is 3.13. The van der Waals surface area contributed by atoms with Gasteiger partial charge in [0.2, 0.25) is 0 Å².